The van der Waals surface area contributed by atoms with Gasteiger partial charge in [-0.3, -0.25) is 4.98 Å². The molecule has 2 aliphatic carbocycles. The van der Waals surface area contributed by atoms with Crippen molar-refractivity contribution in [2.24, 2.45) is 5.92 Å². The number of hydrogen-bond donors (Lipinski definition) is 1. The lowest BCUT2D eigenvalue weighted by molar-refractivity contribution is 0.547. The molecule has 1 N–H and O–H groups in total. The molecule has 136 valence electrons. The quantitative estimate of drug-likeness (QED) is 0.475. The molecule has 0 bridgehead atoms. The van der Waals surface area contributed by atoms with Crippen molar-refractivity contribution in [3.05, 3.63) is 46.7 Å². The number of rotatable bonds is 4. The van der Waals surface area contributed by atoms with Gasteiger partial charge in [-0.15, -0.1) is 32.8 Å². The molecular weight excluding hydrogens is 393 g/mol. The Morgan fingerprint density at radius 2 is 2.19 bits per heavy atom. The second kappa shape index (κ2) is 7.58. The molecule has 9 heteroatoms. The molecule has 0 aromatic carbocycles. The van der Waals surface area contributed by atoms with Crippen LogP contribution in [0.3, 0.4) is 0 Å². The number of thioether (sulfide) groups is 1. The van der Waals surface area contributed by atoms with Gasteiger partial charge >= 0.3 is 5.69 Å². The second-order valence-electron chi connectivity index (χ2n) is 6.28. The van der Waals surface area contributed by atoms with Crippen LogP contribution in [-0.2, 0) is 0 Å². The lowest BCUT2D eigenvalue weighted by Crippen LogP contribution is -2.28. The van der Waals surface area contributed by atoms with E-state index in [9.17, 15) is 4.79 Å². The van der Waals surface area contributed by atoms with Crippen molar-refractivity contribution in [2.45, 2.75) is 35.2 Å². The largest absolute Gasteiger partial charge is 0.351 e. The number of aromatic amines is 1. The Kier molecular flexibility index (Phi) is 5.20. The van der Waals surface area contributed by atoms with Crippen LogP contribution in [0.1, 0.15) is 25.1 Å². The summed E-state index contributed by atoms with van der Waals surface area (Å²) in [6.07, 6.45) is 12.7. The maximum atomic E-state index is 12.3. The van der Waals surface area contributed by atoms with Gasteiger partial charge in [0.1, 0.15) is 0 Å². The molecule has 0 radical (unpaired) electrons. The molecule has 3 atom stereocenters. The zero-order chi connectivity index (χ0) is 18.1. The smallest absolute Gasteiger partial charge is 0.285 e. The first-order valence-corrected chi connectivity index (χ1v) is 10.3. The van der Waals surface area contributed by atoms with E-state index >= 15 is 0 Å². The minimum Gasteiger partial charge on any atom is -0.285 e. The second-order valence-corrected chi connectivity index (χ2v) is 8.29. The van der Waals surface area contributed by atoms with Crippen molar-refractivity contribution in [2.75, 3.05) is 5.75 Å². The third-order valence-corrected chi connectivity index (χ3v) is 6.68. The minimum atomic E-state index is -0.343. The molecule has 2 aliphatic rings. The highest BCUT2D eigenvalue weighted by Crippen LogP contribution is 2.31. The first-order chi connectivity index (χ1) is 12.6. The Balaban J connectivity index is 1.55. The van der Waals surface area contributed by atoms with Crippen LogP contribution in [-0.4, -0.2) is 41.1 Å². The number of halogens is 2. The number of allylic oxidation sites excluding steroid dienone is 6. The van der Waals surface area contributed by atoms with E-state index in [1.165, 1.54) is 16.3 Å². The normalized spacial score (nSPS) is 25.6. The molecule has 0 amide bonds. The van der Waals surface area contributed by atoms with Crippen LogP contribution in [0.2, 0.25) is 0 Å². The van der Waals surface area contributed by atoms with Gasteiger partial charge in [0.25, 0.3) is 5.78 Å². The molecule has 0 aliphatic heterocycles. The molecule has 6 nitrogen and oxygen atoms in total. The SMILES string of the molecule is O=c1[nH]c(SCC2CC=CC(Cl)C2Cl)nc2nc(C3=CC=CCC3)nn12. The summed E-state index contributed by atoms with van der Waals surface area (Å²) in [5.74, 6) is 1.81. The summed E-state index contributed by atoms with van der Waals surface area (Å²) in [6, 6.07) is 0. The molecule has 26 heavy (non-hydrogen) atoms. The Hall–Kier alpha value is -1.57. The summed E-state index contributed by atoms with van der Waals surface area (Å²) in [7, 11) is 0. The molecule has 2 aromatic rings. The third-order valence-electron chi connectivity index (χ3n) is 4.45. The molecule has 0 fully saturated rings. The van der Waals surface area contributed by atoms with Crippen LogP contribution < -0.4 is 5.69 Å². The van der Waals surface area contributed by atoms with Gasteiger partial charge in [0.2, 0.25) is 0 Å². The van der Waals surface area contributed by atoms with Crippen molar-refractivity contribution in [3.63, 3.8) is 0 Å². The van der Waals surface area contributed by atoms with E-state index < -0.39 is 0 Å². The van der Waals surface area contributed by atoms with E-state index in [1.54, 1.807) is 0 Å². The Labute approximate surface area is 164 Å². The number of nitrogens with one attached hydrogen (secondary N) is 1. The van der Waals surface area contributed by atoms with Gasteiger partial charge in [0, 0.05) is 5.75 Å². The van der Waals surface area contributed by atoms with E-state index in [0.29, 0.717) is 16.8 Å². The molecule has 0 saturated heterocycles. The van der Waals surface area contributed by atoms with Crippen molar-refractivity contribution in [1.82, 2.24) is 24.6 Å². The van der Waals surface area contributed by atoms with Crippen LogP contribution in [0, 0.1) is 5.92 Å². The average Bonchev–Trinajstić information content (AvgIpc) is 3.08. The lowest BCUT2D eigenvalue weighted by atomic mass is 9.95. The standard InChI is InChI=1S/C17H17Cl2N5OS/c18-12-8-4-7-11(13(12)19)9-26-16-21-15-20-14(10-5-2-1-3-6-10)23-24(15)17(25)22-16/h1-2,4-5,8,11-13H,3,6-7,9H2,(H,20,21,22,23,25). The van der Waals surface area contributed by atoms with Gasteiger partial charge in [-0.2, -0.15) is 9.97 Å². The monoisotopic (exact) mass is 409 g/mol. The number of hydrogen-bond acceptors (Lipinski definition) is 5. The van der Waals surface area contributed by atoms with Crippen molar-refractivity contribution in [1.29, 1.82) is 0 Å². The van der Waals surface area contributed by atoms with Crippen molar-refractivity contribution < 1.29 is 0 Å². The highest BCUT2D eigenvalue weighted by Gasteiger charge is 2.27. The summed E-state index contributed by atoms with van der Waals surface area (Å²) in [6.45, 7) is 0. The van der Waals surface area contributed by atoms with Gasteiger partial charge in [-0.1, -0.05) is 42.1 Å². The van der Waals surface area contributed by atoms with Gasteiger partial charge in [0.15, 0.2) is 11.0 Å². The zero-order valence-corrected chi connectivity index (χ0v) is 16.1. The van der Waals surface area contributed by atoms with Gasteiger partial charge in [0.05, 0.1) is 10.8 Å². The zero-order valence-electron chi connectivity index (χ0n) is 13.8. The van der Waals surface area contributed by atoms with Crippen molar-refractivity contribution in [3.8, 4) is 0 Å². The van der Waals surface area contributed by atoms with E-state index in [4.69, 9.17) is 23.2 Å². The Morgan fingerprint density at radius 1 is 1.31 bits per heavy atom. The maximum Gasteiger partial charge on any atom is 0.351 e. The van der Waals surface area contributed by atoms with Crippen LogP contribution in [0.15, 0.2) is 40.3 Å². The van der Waals surface area contributed by atoms with Crippen LogP contribution in [0.5, 0.6) is 0 Å². The molecule has 0 saturated carbocycles. The fraction of sp³-hybridized carbons (Fsp3) is 0.412. The van der Waals surface area contributed by atoms with Gasteiger partial charge < -0.3 is 0 Å². The van der Waals surface area contributed by atoms with Crippen LogP contribution in [0.25, 0.3) is 11.4 Å². The number of fused-ring (bicyclic) bond motifs is 1. The molecule has 0 spiro atoms. The number of aromatic nitrogens is 5. The summed E-state index contributed by atoms with van der Waals surface area (Å²) in [5, 5.41) is 4.51. The fourth-order valence-electron chi connectivity index (χ4n) is 2.99. The molecule has 4 rings (SSSR count). The number of H-pyrrole nitrogens is 1. The Morgan fingerprint density at radius 3 is 3.00 bits per heavy atom. The average molecular weight is 410 g/mol. The topological polar surface area (TPSA) is 75.9 Å². The predicted molar refractivity (Wildman–Crippen MR) is 105 cm³/mol. The molecule has 3 unspecified atom stereocenters. The summed E-state index contributed by atoms with van der Waals surface area (Å²) >= 11 is 14.0. The summed E-state index contributed by atoms with van der Waals surface area (Å²) in [4.78, 5) is 23.9. The Bertz CT molecular complexity index is 964. The maximum absolute atomic E-state index is 12.3. The van der Waals surface area contributed by atoms with Crippen LogP contribution >= 0.6 is 35.0 Å². The van der Waals surface area contributed by atoms with Crippen molar-refractivity contribution >= 4 is 46.3 Å². The molecule has 2 heterocycles. The predicted octanol–water partition coefficient (Wildman–Crippen LogP) is 3.43. The van der Waals surface area contributed by atoms with E-state index in [-0.39, 0.29) is 22.4 Å². The minimum absolute atomic E-state index is 0.129. The first-order valence-electron chi connectivity index (χ1n) is 8.42. The van der Waals surface area contributed by atoms with E-state index in [1.807, 2.05) is 18.2 Å². The molecular formula is C17H17Cl2N5OS. The number of nitrogens with zero attached hydrogens (tertiary/aromatic N) is 4. The first kappa shape index (κ1) is 17.8. The number of alkyl halides is 2. The highest BCUT2D eigenvalue weighted by atomic mass is 35.5. The van der Waals surface area contributed by atoms with Gasteiger partial charge in [-0.25, -0.2) is 4.79 Å². The van der Waals surface area contributed by atoms with Crippen LogP contribution in [0.4, 0.5) is 0 Å². The molecule has 2 aromatic heterocycles. The van der Waals surface area contributed by atoms with E-state index in [0.717, 1.165) is 30.6 Å². The van der Waals surface area contributed by atoms with E-state index in [2.05, 4.69) is 32.2 Å². The summed E-state index contributed by atoms with van der Waals surface area (Å²) < 4.78 is 1.21. The van der Waals surface area contributed by atoms with Gasteiger partial charge in [-0.05, 0) is 30.8 Å². The third kappa shape index (κ3) is 3.61. The highest BCUT2D eigenvalue weighted by molar-refractivity contribution is 7.99. The lowest BCUT2D eigenvalue weighted by Gasteiger charge is -2.26. The summed E-state index contributed by atoms with van der Waals surface area (Å²) in [5.41, 5.74) is 0.670. The fourth-order valence-corrected chi connectivity index (χ4v) is 4.71.